The second-order valence-electron chi connectivity index (χ2n) is 13.1. The quantitative estimate of drug-likeness (QED) is 0.406. The third-order valence-electron chi connectivity index (χ3n) is 10.2. The number of aromatic hydroxyl groups is 1. The number of likely N-dealkylation sites (N-methyl/N-ethyl adjacent to an activating group) is 2. The number of rotatable bonds is 5. The number of ketones is 4. The van der Waals surface area contributed by atoms with E-state index in [-0.39, 0.29) is 24.2 Å². The molecule has 6 rings (SSSR count). The number of carbonyl (C=O) groups is 5. The normalized spacial score (nSPS) is 31.1. The van der Waals surface area contributed by atoms with Crippen molar-refractivity contribution in [3.05, 3.63) is 53.1 Å². The molecular formula is C33H38N4O7. The van der Waals surface area contributed by atoms with Crippen LogP contribution < -0.4 is 5.73 Å². The molecule has 11 nitrogen and oxygen atoms in total. The second kappa shape index (κ2) is 11.0. The van der Waals surface area contributed by atoms with Gasteiger partial charge < -0.3 is 20.8 Å². The van der Waals surface area contributed by atoms with Gasteiger partial charge in [0, 0.05) is 38.6 Å². The van der Waals surface area contributed by atoms with Gasteiger partial charge in [0.1, 0.15) is 5.75 Å². The summed E-state index contributed by atoms with van der Waals surface area (Å²) in [7, 11) is 5.26. The van der Waals surface area contributed by atoms with Gasteiger partial charge in [0.2, 0.25) is 5.91 Å². The lowest BCUT2D eigenvalue weighted by Gasteiger charge is -2.52. The second-order valence-corrected chi connectivity index (χ2v) is 13.1. The minimum Gasteiger partial charge on any atom is -0.507 e. The first-order valence-electron chi connectivity index (χ1n) is 15.0. The zero-order chi connectivity index (χ0) is 31.7. The molecule has 2 aromatic rings. The van der Waals surface area contributed by atoms with Crippen molar-refractivity contribution in [3.63, 3.8) is 0 Å². The number of phenols is 1. The summed E-state index contributed by atoms with van der Waals surface area (Å²) in [5.41, 5.74) is 6.00. The Hall–Kier alpha value is -3.77. The fraction of sp³-hybridized carbons (Fsp3) is 0.485. The highest BCUT2D eigenvalue weighted by Gasteiger charge is 2.69. The van der Waals surface area contributed by atoms with E-state index in [0.717, 1.165) is 49.4 Å². The molecule has 1 heterocycles. The van der Waals surface area contributed by atoms with E-state index < -0.39 is 64.4 Å². The lowest BCUT2D eigenvalue weighted by Crippen LogP contribution is -2.74. The van der Waals surface area contributed by atoms with Crippen LogP contribution in [0.25, 0.3) is 11.1 Å². The molecule has 3 unspecified atom stereocenters. The number of piperazine rings is 1. The van der Waals surface area contributed by atoms with Gasteiger partial charge in [-0.1, -0.05) is 30.3 Å². The zero-order valence-corrected chi connectivity index (χ0v) is 25.2. The molecule has 0 radical (unpaired) electrons. The number of carbonyl (C=O) groups excluding carboxylic acids is 5. The van der Waals surface area contributed by atoms with E-state index in [9.17, 15) is 34.2 Å². The monoisotopic (exact) mass is 602 g/mol. The van der Waals surface area contributed by atoms with Gasteiger partial charge >= 0.3 is 0 Å². The van der Waals surface area contributed by atoms with Crippen LogP contribution in [-0.2, 0) is 32.1 Å². The molecule has 1 saturated heterocycles. The van der Waals surface area contributed by atoms with E-state index in [2.05, 4.69) is 29.0 Å². The van der Waals surface area contributed by atoms with Gasteiger partial charge in [-0.25, -0.2) is 0 Å². The van der Waals surface area contributed by atoms with Crippen LogP contribution in [0, 0.1) is 23.7 Å². The third-order valence-corrected chi connectivity index (χ3v) is 10.2. The van der Waals surface area contributed by atoms with Crippen LogP contribution in [0.3, 0.4) is 0 Å². The molecule has 1 amide bonds. The van der Waals surface area contributed by atoms with Crippen molar-refractivity contribution in [2.75, 3.05) is 47.3 Å². The van der Waals surface area contributed by atoms with Crippen molar-refractivity contribution >= 4 is 29.0 Å². The number of nitrogens with zero attached hydrogens (tertiary/aromatic N) is 3. The highest BCUT2D eigenvalue weighted by molar-refractivity contribution is 6.32. The van der Waals surface area contributed by atoms with Crippen LogP contribution in [0.1, 0.15) is 27.9 Å². The van der Waals surface area contributed by atoms with Crippen LogP contribution >= 0.6 is 0 Å². The van der Waals surface area contributed by atoms with E-state index >= 15 is 0 Å². The summed E-state index contributed by atoms with van der Waals surface area (Å²) < 4.78 is 0. The minimum atomic E-state index is -2.73. The first-order chi connectivity index (χ1) is 20.8. The number of hydrogen-bond acceptors (Lipinski definition) is 10. The molecule has 6 atom stereocenters. The lowest BCUT2D eigenvalue weighted by atomic mass is 9.52. The van der Waals surface area contributed by atoms with E-state index in [1.54, 1.807) is 20.2 Å². The Labute approximate surface area is 255 Å². The predicted molar refractivity (Wildman–Crippen MR) is 160 cm³/mol. The lowest BCUT2D eigenvalue weighted by molar-refractivity contribution is -0.181. The molecule has 0 spiro atoms. The van der Waals surface area contributed by atoms with Gasteiger partial charge in [-0.2, -0.15) is 0 Å². The summed E-state index contributed by atoms with van der Waals surface area (Å²) >= 11 is 0. The van der Waals surface area contributed by atoms with Crippen LogP contribution in [0.15, 0.2) is 36.4 Å². The van der Waals surface area contributed by atoms with Crippen molar-refractivity contribution < 1.29 is 34.2 Å². The largest absolute Gasteiger partial charge is 0.507 e. The highest BCUT2D eigenvalue weighted by atomic mass is 16.3. The summed E-state index contributed by atoms with van der Waals surface area (Å²) in [5.74, 6) is -10.5. The number of Topliss-reactive ketones (excluding diaryl/α,β-unsaturated/α-hetero) is 4. The molecule has 2 saturated carbocycles. The number of phenolic OH excluding ortho intramolecular Hbond substituents is 1. The maximum absolute atomic E-state index is 14.0. The molecular weight excluding hydrogens is 564 g/mol. The Balaban J connectivity index is 1.35. The van der Waals surface area contributed by atoms with E-state index in [4.69, 9.17) is 5.73 Å². The van der Waals surface area contributed by atoms with Crippen LogP contribution in [0.5, 0.6) is 5.75 Å². The number of primary amides is 1. The summed E-state index contributed by atoms with van der Waals surface area (Å²) in [5, 5.41) is 22.6. The molecule has 44 heavy (non-hydrogen) atoms. The molecule has 4 aliphatic rings. The maximum Gasteiger partial charge on any atom is 0.235 e. The van der Waals surface area contributed by atoms with Crippen molar-refractivity contribution in [2.24, 2.45) is 29.4 Å². The summed E-state index contributed by atoms with van der Waals surface area (Å²) in [6.45, 7) is 4.88. The standard InChI is InChI=1S/C33H38N4O7/c1-35(2)27-22-15-19-14-21-20(18-6-4-17(5-7-18)16-37-12-10-36(3)11-13-37)8-9-23(38)25(21)28(39)24(19)30(41)33(22,44)31(42)26(29(27)40)32(34)43/h4-9,19,22,24,26-27,38,44H,10-16H2,1-3H3,(H2,34,43)/t19-,22-,24?,26?,27?,33-/m0/s1. The molecule has 3 fully saturated rings. The molecule has 4 N–H and O–H groups in total. The van der Waals surface area contributed by atoms with Crippen molar-refractivity contribution in [3.8, 4) is 16.9 Å². The Morgan fingerprint density at radius 2 is 1.66 bits per heavy atom. The fourth-order valence-corrected chi connectivity index (χ4v) is 7.93. The first-order valence-corrected chi connectivity index (χ1v) is 15.0. The van der Waals surface area contributed by atoms with Gasteiger partial charge in [-0.3, -0.25) is 33.8 Å². The van der Waals surface area contributed by atoms with Gasteiger partial charge in [0.25, 0.3) is 0 Å². The fourth-order valence-electron chi connectivity index (χ4n) is 7.93. The summed E-state index contributed by atoms with van der Waals surface area (Å²) in [4.78, 5) is 73.1. The molecule has 0 aromatic heterocycles. The number of fused-ring (bicyclic) bond motifs is 3. The average Bonchev–Trinajstić information content (AvgIpc) is 2.96. The van der Waals surface area contributed by atoms with E-state index in [0.29, 0.717) is 5.56 Å². The molecule has 11 heteroatoms. The summed E-state index contributed by atoms with van der Waals surface area (Å²) in [6.07, 6.45) is 0.238. The van der Waals surface area contributed by atoms with Crippen LogP contribution in [0.4, 0.5) is 0 Å². The molecule has 3 aliphatic carbocycles. The Morgan fingerprint density at radius 1 is 1.00 bits per heavy atom. The van der Waals surface area contributed by atoms with Gasteiger partial charge in [0.05, 0.1) is 17.5 Å². The number of aliphatic hydroxyl groups is 1. The van der Waals surface area contributed by atoms with Crippen molar-refractivity contribution in [2.45, 2.75) is 31.0 Å². The maximum atomic E-state index is 14.0. The van der Waals surface area contributed by atoms with Crippen LogP contribution in [-0.4, -0.2) is 113 Å². The zero-order valence-electron chi connectivity index (χ0n) is 25.2. The number of hydrogen-bond donors (Lipinski definition) is 3. The first kappa shape index (κ1) is 30.3. The van der Waals surface area contributed by atoms with E-state index in [1.807, 2.05) is 12.1 Å². The van der Waals surface area contributed by atoms with E-state index in [1.165, 1.54) is 11.0 Å². The van der Waals surface area contributed by atoms with Crippen LogP contribution in [0.2, 0.25) is 0 Å². The Bertz CT molecular complexity index is 1560. The number of nitrogens with two attached hydrogens (primary N) is 1. The Morgan fingerprint density at radius 3 is 2.27 bits per heavy atom. The van der Waals surface area contributed by atoms with Crippen molar-refractivity contribution in [1.29, 1.82) is 0 Å². The number of amides is 1. The smallest absolute Gasteiger partial charge is 0.235 e. The third kappa shape index (κ3) is 4.61. The molecule has 1 aliphatic heterocycles. The Kier molecular flexibility index (Phi) is 7.56. The van der Waals surface area contributed by atoms with Gasteiger partial charge in [-0.15, -0.1) is 0 Å². The SMILES string of the molecule is CN1CCN(Cc2ccc(-c3ccc(O)c4c3C[C@H]3C[C@H]5C(N(C)C)C(=O)C(C(N)=O)C(=O)[C@@]5(O)C(=O)C3C4=O)cc2)CC1. The predicted octanol–water partition coefficient (Wildman–Crippen LogP) is 0.281. The average molecular weight is 603 g/mol. The summed E-state index contributed by atoms with van der Waals surface area (Å²) in [6, 6.07) is 10.1. The number of benzene rings is 2. The highest BCUT2D eigenvalue weighted by Crippen LogP contribution is 2.51. The van der Waals surface area contributed by atoms with Gasteiger partial charge in [0.15, 0.2) is 34.7 Å². The van der Waals surface area contributed by atoms with Gasteiger partial charge in [-0.05, 0) is 68.2 Å². The topological polar surface area (TPSA) is 162 Å². The van der Waals surface area contributed by atoms with Crippen molar-refractivity contribution in [1.82, 2.24) is 14.7 Å². The minimum absolute atomic E-state index is 0.00407. The molecule has 2 aromatic carbocycles. The molecule has 0 bridgehead atoms. The molecule has 232 valence electrons.